The molecule has 3 aromatic carbocycles. The molecule has 1 amide bonds. The summed E-state index contributed by atoms with van der Waals surface area (Å²) < 4.78 is 6.63. The lowest BCUT2D eigenvalue weighted by atomic mass is 9.99. The van der Waals surface area contributed by atoms with E-state index in [0.29, 0.717) is 12.3 Å². The monoisotopic (exact) mass is 410 g/mol. The maximum atomic E-state index is 13.0. The Bertz CT molecular complexity index is 1000. The van der Waals surface area contributed by atoms with Gasteiger partial charge in [-0.05, 0) is 56.9 Å². The number of hydrogen-bond donors (Lipinski definition) is 1. The Balaban J connectivity index is 1.86. The van der Waals surface area contributed by atoms with Crippen molar-refractivity contribution in [2.24, 2.45) is 5.73 Å². The maximum absolute atomic E-state index is 13.0. The Morgan fingerprint density at radius 2 is 1.96 bits per heavy atom. The van der Waals surface area contributed by atoms with Crippen molar-refractivity contribution in [2.75, 3.05) is 11.5 Å². The first-order valence-electron chi connectivity index (χ1n) is 8.52. The van der Waals surface area contributed by atoms with Gasteiger partial charge < -0.3 is 15.4 Å². The molecule has 3 aromatic rings. The number of aryl methyl sites for hydroxylation is 1. The summed E-state index contributed by atoms with van der Waals surface area (Å²) in [5.74, 6) is 0.529. The van der Waals surface area contributed by atoms with E-state index in [1.165, 1.54) is 0 Å². The number of halogens is 1. The first-order valence-corrected chi connectivity index (χ1v) is 9.31. The lowest BCUT2D eigenvalue weighted by molar-refractivity contribution is -0.120. The second-order valence-corrected chi connectivity index (χ2v) is 7.37. The first kappa shape index (κ1) is 17.1. The van der Waals surface area contributed by atoms with Crippen LogP contribution in [0.4, 0.5) is 5.69 Å². The highest BCUT2D eigenvalue weighted by Crippen LogP contribution is 2.39. The molecule has 0 aromatic heterocycles. The molecule has 0 aliphatic carbocycles. The molecule has 5 heteroatoms. The van der Waals surface area contributed by atoms with Gasteiger partial charge in [0.25, 0.3) is 0 Å². The van der Waals surface area contributed by atoms with Crippen molar-refractivity contribution in [2.45, 2.75) is 19.5 Å². The standard InChI is InChI=1S/C21H19BrN2O2/c1-13-9-10-14-5-2-3-6-15(14)16(13)11-24-19-8-4-7-17(22)20(19)26-12-18(23)21(24)25/h2-10,18H,11-12,23H2,1H3. The van der Waals surface area contributed by atoms with Crippen LogP contribution in [-0.2, 0) is 11.3 Å². The molecule has 1 heterocycles. The molecule has 4 rings (SSSR count). The molecule has 0 spiro atoms. The van der Waals surface area contributed by atoms with Crippen LogP contribution in [-0.4, -0.2) is 18.6 Å². The highest BCUT2D eigenvalue weighted by molar-refractivity contribution is 9.10. The number of carbonyl (C=O) groups is 1. The Morgan fingerprint density at radius 1 is 1.15 bits per heavy atom. The van der Waals surface area contributed by atoms with E-state index in [0.717, 1.165) is 32.1 Å². The minimum absolute atomic E-state index is 0.130. The second-order valence-electron chi connectivity index (χ2n) is 6.51. The van der Waals surface area contributed by atoms with Gasteiger partial charge >= 0.3 is 0 Å². The van der Waals surface area contributed by atoms with Crippen LogP contribution in [0.2, 0.25) is 0 Å². The second kappa shape index (κ2) is 6.74. The zero-order chi connectivity index (χ0) is 18.3. The quantitative estimate of drug-likeness (QED) is 0.689. The minimum Gasteiger partial charge on any atom is -0.488 e. The Kier molecular flexibility index (Phi) is 4.42. The number of nitrogens with zero attached hydrogens (tertiary/aromatic N) is 1. The zero-order valence-electron chi connectivity index (χ0n) is 14.4. The van der Waals surface area contributed by atoms with Gasteiger partial charge in [-0.1, -0.05) is 42.5 Å². The van der Waals surface area contributed by atoms with Crippen molar-refractivity contribution >= 4 is 38.3 Å². The highest BCUT2D eigenvalue weighted by Gasteiger charge is 2.30. The van der Waals surface area contributed by atoms with Gasteiger partial charge in [0.2, 0.25) is 5.91 Å². The average Bonchev–Trinajstić information content (AvgIpc) is 2.76. The number of anilines is 1. The predicted molar refractivity (Wildman–Crippen MR) is 107 cm³/mol. The molecule has 1 atom stereocenters. The number of para-hydroxylation sites is 1. The van der Waals surface area contributed by atoms with E-state index in [1.54, 1.807) is 4.90 Å². The topological polar surface area (TPSA) is 55.6 Å². The fourth-order valence-electron chi connectivity index (χ4n) is 3.39. The molecular weight excluding hydrogens is 392 g/mol. The van der Waals surface area contributed by atoms with Gasteiger partial charge in [-0.15, -0.1) is 0 Å². The molecule has 0 bridgehead atoms. The molecule has 4 nitrogen and oxygen atoms in total. The number of hydrogen-bond acceptors (Lipinski definition) is 3. The summed E-state index contributed by atoms with van der Waals surface area (Å²) in [4.78, 5) is 14.7. The number of fused-ring (bicyclic) bond motifs is 2. The van der Waals surface area contributed by atoms with Gasteiger partial charge in [-0.25, -0.2) is 0 Å². The van der Waals surface area contributed by atoms with E-state index >= 15 is 0 Å². The molecule has 0 fully saturated rings. The normalized spacial score (nSPS) is 17.0. The summed E-state index contributed by atoms with van der Waals surface area (Å²) in [6, 6.07) is 17.4. The van der Waals surface area contributed by atoms with E-state index in [4.69, 9.17) is 10.5 Å². The van der Waals surface area contributed by atoms with E-state index < -0.39 is 6.04 Å². The van der Waals surface area contributed by atoms with E-state index in [9.17, 15) is 4.79 Å². The Morgan fingerprint density at radius 3 is 2.81 bits per heavy atom. The van der Waals surface area contributed by atoms with Crippen molar-refractivity contribution in [3.63, 3.8) is 0 Å². The van der Waals surface area contributed by atoms with Crippen LogP contribution >= 0.6 is 15.9 Å². The molecule has 26 heavy (non-hydrogen) atoms. The third-order valence-electron chi connectivity index (χ3n) is 4.82. The number of rotatable bonds is 2. The van der Waals surface area contributed by atoms with Crippen LogP contribution in [0.5, 0.6) is 5.75 Å². The number of nitrogens with two attached hydrogens (primary N) is 1. The van der Waals surface area contributed by atoms with Gasteiger partial charge in [0.1, 0.15) is 12.6 Å². The lowest BCUT2D eigenvalue weighted by Crippen LogP contribution is -2.45. The van der Waals surface area contributed by atoms with E-state index in [1.807, 2.05) is 30.3 Å². The Labute approximate surface area is 160 Å². The summed E-state index contributed by atoms with van der Waals surface area (Å²) in [7, 11) is 0. The van der Waals surface area contributed by atoms with Crippen molar-refractivity contribution in [3.8, 4) is 5.75 Å². The van der Waals surface area contributed by atoms with Crippen molar-refractivity contribution in [1.82, 2.24) is 0 Å². The summed E-state index contributed by atoms with van der Waals surface area (Å²) in [5.41, 5.74) is 9.08. The maximum Gasteiger partial charge on any atom is 0.247 e. The van der Waals surface area contributed by atoms with Crippen LogP contribution in [0.1, 0.15) is 11.1 Å². The fourth-order valence-corrected chi connectivity index (χ4v) is 3.86. The van der Waals surface area contributed by atoms with Crippen molar-refractivity contribution in [3.05, 3.63) is 70.2 Å². The molecule has 2 N–H and O–H groups in total. The molecule has 0 saturated carbocycles. The summed E-state index contributed by atoms with van der Waals surface area (Å²) in [5, 5.41) is 2.31. The van der Waals surface area contributed by atoms with E-state index in [2.05, 4.69) is 47.1 Å². The molecular formula is C21H19BrN2O2. The molecule has 1 aliphatic rings. The number of amides is 1. The summed E-state index contributed by atoms with van der Waals surface area (Å²) >= 11 is 3.52. The van der Waals surface area contributed by atoms with Crippen LogP contribution < -0.4 is 15.4 Å². The van der Waals surface area contributed by atoms with Crippen LogP contribution in [0.25, 0.3) is 10.8 Å². The van der Waals surface area contributed by atoms with Crippen molar-refractivity contribution in [1.29, 1.82) is 0 Å². The van der Waals surface area contributed by atoms with Crippen molar-refractivity contribution < 1.29 is 9.53 Å². The summed E-state index contributed by atoms with van der Waals surface area (Å²) in [6.07, 6.45) is 0. The average molecular weight is 411 g/mol. The molecule has 1 unspecified atom stereocenters. The van der Waals surface area contributed by atoms with Crippen LogP contribution in [0.3, 0.4) is 0 Å². The van der Waals surface area contributed by atoms with Gasteiger partial charge in [0, 0.05) is 0 Å². The third kappa shape index (κ3) is 2.87. The third-order valence-corrected chi connectivity index (χ3v) is 5.44. The number of carbonyl (C=O) groups excluding carboxylic acids is 1. The fraction of sp³-hybridized carbons (Fsp3) is 0.190. The first-order chi connectivity index (χ1) is 12.6. The number of ether oxygens (including phenoxy) is 1. The predicted octanol–water partition coefficient (Wildman–Crippen LogP) is 4.16. The Hall–Kier alpha value is -2.37. The van der Waals surface area contributed by atoms with Gasteiger partial charge in [0.15, 0.2) is 5.75 Å². The van der Waals surface area contributed by atoms with Crippen LogP contribution in [0.15, 0.2) is 59.1 Å². The number of benzene rings is 3. The molecule has 1 aliphatic heterocycles. The smallest absolute Gasteiger partial charge is 0.247 e. The molecule has 0 radical (unpaired) electrons. The van der Waals surface area contributed by atoms with E-state index in [-0.39, 0.29) is 12.5 Å². The highest BCUT2D eigenvalue weighted by atomic mass is 79.9. The largest absolute Gasteiger partial charge is 0.488 e. The lowest BCUT2D eigenvalue weighted by Gasteiger charge is -2.25. The van der Waals surface area contributed by atoms with Gasteiger partial charge in [-0.2, -0.15) is 0 Å². The summed E-state index contributed by atoms with van der Waals surface area (Å²) in [6.45, 7) is 2.69. The SMILES string of the molecule is Cc1ccc2ccccc2c1CN1C(=O)C(N)COc2c(Br)cccc21. The van der Waals surface area contributed by atoms with Gasteiger partial charge in [-0.3, -0.25) is 4.79 Å². The van der Waals surface area contributed by atoms with Gasteiger partial charge in [0.05, 0.1) is 16.7 Å². The van der Waals surface area contributed by atoms with Crippen LogP contribution in [0, 0.1) is 6.92 Å². The molecule has 132 valence electrons. The minimum atomic E-state index is -0.690. The zero-order valence-corrected chi connectivity index (χ0v) is 16.0. The molecule has 0 saturated heterocycles.